The number of urea groups is 1. The molecule has 0 saturated carbocycles. The summed E-state index contributed by atoms with van der Waals surface area (Å²) < 4.78 is 5.44. The number of aryl methyl sites for hydroxylation is 1. The summed E-state index contributed by atoms with van der Waals surface area (Å²) in [6.07, 6.45) is 1.68. The van der Waals surface area contributed by atoms with Crippen LogP contribution in [0.2, 0.25) is 0 Å². The van der Waals surface area contributed by atoms with Gasteiger partial charge in [-0.3, -0.25) is 0 Å². The Morgan fingerprint density at radius 3 is 2.42 bits per heavy atom. The molecule has 0 unspecified atom stereocenters. The lowest BCUT2D eigenvalue weighted by Crippen LogP contribution is -2.31. The van der Waals surface area contributed by atoms with Gasteiger partial charge in [-0.25, -0.2) is 4.79 Å². The standard InChI is InChI=1S/C22H30N2O2/c1-5-18-8-7-9-20(16(3)4)21(18)24-22(25)23-15-14-17-10-12-19(13-11-17)26-6-2/h7-13,16H,5-6,14-15H2,1-4H3,(H2,23,24,25). The number of ether oxygens (including phenoxy) is 1. The van der Waals surface area contributed by atoms with E-state index in [1.807, 2.05) is 31.2 Å². The Balaban J connectivity index is 1.91. The molecule has 0 aliphatic carbocycles. The maximum atomic E-state index is 12.3. The summed E-state index contributed by atoms with van der Waals surface area (Å²) in [5, 5.41) is 6.01. The summed E-state index contributed by atoms with van der Waals surface area (Å²) in [5.74, 6) is 1.24. The fourth-order valence-corrected chi connectivity index (χ4v) is 2.95. The smallest absolute Gasteiger partial charge is 0.319 e. The van der Waals surface area contributed by atoms with Gasteiger partial charge in [0.2, 0.25) is 0 Å². The second-order valence-corrected chi connectivity index (χ2v) is 6.60. The van der Waals surface area contributed by atoms with Gasteiger partial charge in [-0.05, 0) is 54.5 Å². The van der Waals surface area contributed by atoms with Crippen LogP contribution in [-0.4, -0.2) is 19.2 Å². The van der Waals surface area contributed by atoms with E-state index in [2.05, 4.69) is 49.6 Å². The van der Waals surface area contributed by atoms with Crippen molar-refractivity contribution in [2.45, 2.75) is 46.5 Å². The lowest BCUT2D eigenvalue weighted by atomic mass is 9.96. The molecule has 0 heterocycles. The van der Waals surface area contributed by atoms with E-state index in [1.165, 1.54) is 11.1 Å². The maximum absolute atomic E-state index is 12.3. The molecule has 0 atom stereocenters. The second kappa shape index (κ2) is 9.85. The van der Waals surface area contributed by atoms with Crippen molar-refractivity contribution in [1.29, 1.82) is 0 Å². The van der Waals surface area contributed by atoms with Crippen molar-refractivity contribution in [3.05, 3.63) is 59.2 Å². The van der Waals surface area contributed by atoms with Gasteiger partial charge in [0.15, 0.2) is 0 Å². The third-order valence-electron chi connectivity index (χ3n) is 4.36. The van der Waals surface area contributed by atoms with Crippen molar-refractivity contribution in [1.82, 2.24) is 5.32 Å². The zero-order valence-electron chi connectivity index (χ0n) is 16.3. The summed E-state index contributed by atoms with van der Waals surface area (Å²) in [6.45, 7) is 9.61. The number of hydrogen-bond donors (Lipinski definition) is 2. The molecule has 2 aromatic rings. The van der Waals surface area contributed by atoms with Crippen LogP contribution < -0.4 is 15.4 Å². The van der Waals surface area contributed by atoms with Gasteiger partial charge >= 0.3 is 6.03 Å². The Kier molecular flexibility index (Phi) is 7.52. The molecular formula is C22H30N2O2. The Morgan fingerprint density at radius 1 is 1.08 bits per heavy atom. The van der Waals surface area contributed by atoms with Gasteiger partial charge in [0.25, 0.3) is 0 Å². The molecular weight excluding hydrogens is 324 g/mol. The van der Waals surface area contributed by atoms with Crippen LogP contribution in [0.1, 0.15) is 50.3 Å². The monoisotopic (exact) mass is 354 g/mol. The van der Waals surface area contributed by atoms with Gasteiger partial charge in [-0.2, -0.15) is 0 Å². The lowest BCUT2D eigenvalue weighted by Gasteiger charge is -2.18. The van der Waals surface area contributed by atoms with Gasteiger partial charge in [0.05, 0.1) is 6.61 Å². The van der Waals surface area contributed by atoms with Crippen molar-refractivity contribution in [3.63, 3.8) is 0 Å². The molecule has 0 radical (unpaired) electrons. The van der Waals surface area contributed by atoms with Crippen molar-refractivity contribution in [2.24, 2.45) is 0 Å². The summed E-state index contributed by atoms with van der Waals surface area (Å²) in [5.41, 5.74) is 4.46. The van der Waals surface area contributed by atoms with Crippen molar-refractivity contribution in [3.8, 4) is 5.75 Å². The normalized spacial score (nSPS) is 10.7. The molecule has 2 aromatic carbocycles. The van der Waals surface area contributed by atoms with E-state index < -0.39 is 0 Å². The highest BCUT2D eigenvalue weighted by Crippen LogP contribution is 2.28. The van der Waals surface area contributed by atoms with E-state index >= 15 is 0 Å². The van der Waals surface area contributed by atoms with Crippen LogP contribution in [0.5, 0.6) is 5.75 Å². The van der Waals surface area contributed by atoms with E-state index in [4.69, 9.17) is 4.74 Å². The van der Waals surface area contributed by atoms with Crippen molar-refractivity contribution >= 4 is 11.7 Å². The molecule has 2 rings (SSSR count). The largest absolute Gasteiger partial charge is 0.494 e. The highest BCUT2D eigenvalue weighted by atomic mass is 16.5. The van der Waals surface area contributed by atoms with Gasteiger partial charge < -0.3 is 15.4 Å². The minimum atomic E-state index is -0.154. The maximum Gasteiger partial charge on any atom is 0.319 e. The molecule has 0 aromatic heterocycles. The first kappa shape index (κ1) is 19.8. The van der Waals surface area contributed by atoms with Crippen LogP contribution >= 0.6 is 0 Å². The molecule has 26 heavy (non-hydrogen) atoms. The SMILES string of the molecule is CCOc1ccc(CCNC(=O)Nc2c(CC)cccc2C(C)C)cc1. The zero-order valence-corrected chi connectivity index (χ0v) is 16.3. The lowest BCUT2D eigenvalue weighted by molar-refractivity contribution is 0.252. The number of benzene rings is 2. The highest BCUT2D eigenvalue weighted by molar-refractivity contribution is 5.91. The minimum absolute atomic E-state index is 0.154. The fourth-order valence-electron chi connectivity index (χ4n) is 2.95. The average molecular weight is 354 g/mol. The summed E-state index contributed by atoms with van der Waals surface area (Å²) in [6, 6.07) is 14.1. The number of para-hydroxylation sites is 1. The van der Waals surface area contributed by atoms with E-state index in [-0.39, 0.29) is 6.03 Å². The topological polar surface area (TPSA) is 50.4 Å². The van der Waals surface area contributed by atoms with Crippen LogP contribution in [0.3, 0.4) is 0 Å². The number of carbonyl (C=O) groups excluding carboxylic acids is 1. The first-order valence-electron chi connectivity index (χ1n) is 9.43. The van der Waals surface area contributed by atoms with Crippen molar-refractivity contribution < 1.29 is 9.53 Å². The van der Waals surface area contributed by atoms with E-state index in [1.54, 1.807) is 0 Å². The van der Waals surface area contributed by atoms with E-state index in [0.29, 0.717) is 19.1 Å². The number of anilines is 1. The second-order valence-electron chi connectivity index (χ2n) is 6.60. The molecule has 4 nitrogen and oxygen atoms in total. The number of rotatable bonds is 8. The highest BCUT2D eigenvalue weighted by Gasteiger charge is 2.12. The number of amides is 2. The molecule has 2 N–H and O–H groups in total. The van der Waals surface area contributed by atoms with Gasteiger partial charge in [-0.1, -0.05) is 51.1 Å². The quantitative estimate of drug-likeness (QED) is 0.690. The number of carbonyl (C=O) groups is 1. The molecule has 4 heteroatoms. The summed E-state index contributed by atoms with van der Waals surface area (Å²) in [7, 11) is 0. The molecule has 0 saturated heterocycles. The number of hydrogen-bond acceptors (Lipinski definition) is 2. The van der Waals surface area contributed by atoms with Gasteiger partial charge in [-0.15, -0.1) is 0 Å². The first-order chi connectivity index (χ1) is 12.5. The van der Waals surface area contributed by atoms with Gasteiger partial charge in [0, 0.05) is 12.2 Å². The van der Waals surface area contributed by atoms with Gasteiger partial charge in [0.1, 0.15) is 5.75 Å². The Hall–Kier alpha value is -2.49. The predicted octanol–water partition coefficient (Wildman–Crippen LogP) is 5.14. The molecule has 0 fully saturated rings. The molecule has 0 aliphatic rings. The Bertz CT molecular complexity index is 709. The molecule has 0 aliphatic heterocycles. The third-order valence-corrected chi connectivity index (χ3v) is 4.36. The summed E-state index contributed by atoms with van der Waals surface area (Å²) >= 11 is 0. The van der Waals surface area contributed by atoms with Crippen LogP contribution in [0.15, 0.2) is 42.5 Å². The Morgan fingerprint density at radius 2 is 1.81 bits per heavy atom. The molecule has 140 valence electrons. The minimum Gasteiger partial charge on any atom is -0.494 e. The van der Waals surface area contributed by atoms with E-state index in [9.17, 15) is 4.79 Å². The van der Waals surface area contributed by atoms with E-state index in [0.717, 1.165) is 29.8 Å². The van der Waals surface area contributed by atoms with Crippen molar-refractivity contribution in [2.75, 3.05) is 18.5 Å². The zero-order chi connectivity index (χ0) is 18.9. The average Bonchev–Trinajstić information content (AvgIpc) is 2.63. The molecule has 2 amide bonds. The fraction of sp³-hybridized carbons (Fsp3) is 0.409. The predicted molar refractivity (Wildman–Crippen MR) is 108 cm³/mol. The number of nitrogens with one attached hydrogen (secondary N) is 2. The van der Waals surface area contributed by atoms with Crippen LogP contribution in [0, 0.1) is 0 Å². The molecule has 0 bridgehead atoms. The van der Waals surface area contributed by atoms with Crippen LogP contribution in [0.4, 0.5) is 10.5 Å². The third kappa shape index (κ3) is 5.51. The first-order valence-corrected chi connectivity index (χ1v) is 9.43. The van der Waals surface area contributed by atoms with Crippen LogP contribution in [0.25, 0.3) is 0 Å². The Labute approximate surface area is 157 Å². The molecule has 0 spiro atoms. The summed E-state index contributed by atoms with van der Waals surface area (Å²) in [4.78, 5) is 12.3. The van der Waals surface area contributed by atoms with Crippen LogP contribution in [-0.2, 0) is 12.8 Å².